The van der Waals surface area contributed by atoms with E-state index in [0.717, 1.165) is 19.1 Å². The van der Waals surface area contributed by atoms with Gasteiger partial charge in [-0.15, -0.1) is 23.2 Å². The van der Waals surface area contributed by atoms with Crippen molar-refractivity contribution in [1.29, 1.82) is 0 Å². The lowest BCUT2D eigenvalue weighted by Gasteiger charge is -2.09. The SMILES string of the molecule is ClCC(CCl)COCC1CC1. The second kappa shape index (κ2) is 5.23. The molecule has 1 aliphatic rings. The predicted octanol–water partition coefficient (Wildman–Crippen LogP) is 2.51. The number of hydrogen-bond donors (Lipinski definition) is 0. The molecule has 0 radical (unpaired) electrons. The van der Waals surface area contributed by atoms with Gasteiger partial charge in [0.05, 0.1) is 6.61 Å². The van der Waals surface area contributed by atoms with Crippen molar-refractivity contribution in [1.82, 2.24) is 0 Å². The Morgan fingerprint density at radius 3 is 2.36 bits per heavy atom. The predicted molar refractivity (Wildman–Crippen MR) is 48.5 cm³/mol. The van der Waals surface area contributed by atoms with Gasteiger partial charge in [-0.25, -0.2) is 0 Å². The van der Waals surface area contributed by atoms with E-state index in [-0.39, 0.29) is 0 Å². The molecule has 0 saturated heterocycles. The molecule has 0 unspecified atom stereocenters. The van der Waals surface area contributed by atoms with Crippen molar-refractivity contribution < 1.29 is 4.74 Å². The molecule has 1 aliphatic carbocycles. The van der Waals surface area contributed by atoms with Crippen molar-refractivity contribution in [2.24, 2.45) is 11.8 Å². The molecule has 0 aromatic carbocycles. The fraction of sp³-hybridized carbons (Fsp3) is 1.00. The quantitative estimate of drug-likeness (QED) is 0.594. The maximum absolute atomic E-state index is 5.63. The van der Waals surface area contributed by atoms with E-state index < -0.39 is 0 Å². The van der Waals surface area contributed by atoms with Gasteiger partial charge >= 0.3 is 0 Å². The molecule has 0 amide bonds. The van der Waals surface area contributed by atoms with Crippen LogP contribution in [0.25, 0.3) is 0 Å². The molecule has 0 aromatic rings. The maximum Gasteiger partial charge on any atom is 0.0517 e. The Morgan fingerprint density at radius 2 is 1.91 bits per heavy atom. The fourth-order valence-corrected chi connectivity index (χ4v) is 1.32. The van der Waals surface area contributed by atoms with Gasteiger partial charge in [-0.3, -0.25) is 0 Å². The molecule has 0 bridgehead atoms. The van der Waals surface area contributed by atoms with Crippen LogP contribution in [0.5, 0.6) is 0 Å². The van der Waals surface area contributed by atoms with E-state index in [2.05, 4.69) is 0 Å². The second-order valence-electron chi connectivity index (χ2n) is 3.16. The smallest absolute Gasteiger partial charge is 0.0517 e. The molecule has 11 heavy (non-hydrogen) atoms. The van der Waals surface area contributed by atoms with Crippen molar-refractivity contribution in [3.63, 3.8) is 0 Å². The number of ether oxygens (including phenoxy) is 1. The Balaban J connectivity index is 1.90. The lowest BCUT2D eigenvalue weighted by Crippen LogP contribution is -2.13. The van der Waals surface area contributed by atoms with Gasteiger partial charge in [-0.2, -0.15) is 0 Å². The minimum Gasteiger partial charge on any atom is -0.381 e. The molecule has 0 spiro atoms. The lowest BCUT2D eigenvalue weighted by molar-refractivity contribution is 0.103. The number of alkyl halides is 2. The topological polar surface area (TPSA) is 9.23 Å². The van der Waals surface area contributed by atoms with Crippen LogP contribution in [0.15, 0.2) is 0 Å². The third-order valence-electron chi connectivity index (χ3n) is 1.84. The number of rotatable bonds is 6. The number of hydrogen-bond acceptors (Lipinski definition) is 1. The van der Waals surface area contributed by atoms with Crippen molar-refractivity contribution in [3.8, 4) is 0 Å². The summed E-state index contributed by atoms with van der Waals surface area (Å²) < 4.78 is 5.43. The minimum absolute atomic E-state index is 0.331. The zero-order valence-corrected chi connectivity index (χ0v) is 8.07. The van der Waals surface area contributed by atoms with Gasteiger partial charge in [0.15, 0.2) is 0 Å². The molecule has 0 heterocycles. The van der Waals surface area contributed by atoms with Gasteiger partial charge in [-0.05, 0) is 18.8 Å². The van der Waals surface area contributed by atoms with Gasteiger partial charge in [0.25, 0.3) is 0 Å². The maximum atomic E-state index is 5.63. The minimum atomic E-state index is 0.331. The van der Waals surface area contributed by atoms with E-state index >= 15 is 0 Å². The fourth-order valence-electron chi connectivity index (χ4n) is 0.816. The molecule has 1 fully saturated rings. The summed E-state index contributed by atoms with van der Waals surface area (Å²) in [5, 5.41) is 0. The highest BCUT2D eigenvalue weighted by Crippen LogP contribution is 2.28. The van der Waals surface area contributed by atoms with Crippen LogP contribution in [-0.2, 0) is 4.74 Å². The highest BCUT2D eigenvalue weighted by Gasteiger charge is 2.21. The molecule has 1 saturated carbocycles. The highest BCUT2D eigenvalue weighted by atomic mass is 35.5. The molecule has 66 valence electrons. The summed E-state index contributed by atoms with van der Waals surface area (Å²) in [4.78, 5) is 0. The van der Waals surface area contributed by atoms with Crippen LogP contribution in [0.2, 0.25) is 0 Å². The van der Waals surface area contributed by atoms with Gasteiger partial charge in [0, 0.05) is 24.3 Å². The Labute approximate surface area is 78.0 Å². The number of halogens is 2. The normalized spacial score (nSPS) is 17.7. The van der Waals surface area contributed by atoms with Crippen LogP contribution in [-0.4, -0.2) is 25.0 Å². The van der Waals surface area contributed by atoms with Crippen LogP contribution >= 0.6 is 23.2 Å². The molecule has 3 heteroatoms. The second-order valence-corrected chi connectivity index (χ2v) is 3.77. The molecule has 0 N–H and O–H groups in total. The van der Waals surface area contributed by atoms with Crippen molar-refractivity contribution >= 4 is 23.2 Å². The van der Waals surface area contributed by atoms with E-state index in [0.29, 0.717) is 17.7 Å². The van der Waals surface area contributed by atoms with E-state index in [1.165, 1.54) is 12.8 Å². The van der Waals surface area contributed by atoms with E-state index in [1.807, 2.05) is 0 Å². The first-order chi connectivity index (χ1) is 5.36. The standard InChI is InChI=1S/C8H14Cl2O/c9-3-8(4-10)6-11-5-7-1-2-7/h7-8H,1-6H2. The van der Waals surface area contributed by atoms with Gasteiger partial charge in [-0.1, -0.05) is 0 Å². The van der Waals surface area contributed by atoms with Crippen LogP contribution < -0.4 is 0 Å². The molecule has 1 rings (SSSR count). The average Bonchev–Trinajstić information content (AvgIpc) is 2.82. The molecule has 0 aromatic heterocycles. The first kappa shape index (κ1) is 9.63. The summed E-state index contributed by atoms with van der Waals surface area (Å²) in [6, 6.07) is 0. The summed E-state index contributed by atoms with van der Waals surface area (Å²) in [7, 11) is 0. The Kier molecular flexibility index (Phi) is 4.58. The highest BCUT2D eigenvalue weighted by molar-refractivity contribution is 6.20. The zero-order chi connectivity index (χ0) is 8.10. The molecule has 0 aliphatic heterocycles. The van der Waals surface area contributed by atoms with E-state index in [1.54, 1.807) is 0 Å². The molecule has 1 nitrogen and oxygen atoms in total. The van der Waals surface area contributed by atoms with Crippen molar-refractivity contribution in [2.75, 3.05) is 25.0 Å². The summed E-state index contributed by atoms with van der Waals surface area (Å²) in [6.45, 7) is 1.63. The van der Waals surface area contributed by atoms with Crippen LogP contribution in [0, 0.1) is 11.8 Å². The van der Waals surface area contributed by atoms with Gasteiger partial charge < -0.3 is 4.74 Å². The van der Waals surface area contributed by atoms with Crippen LogP contribution in [0.1, 0.15) is 12.8 Å². The zero-order valence-electron chi connectivity index (χ0n) is 6.56. The summed E-state index contributed by atoms with van der Waals surface area (Å²) in [6.07, 6.45) is 2.68. The third-order valence-corrected chi connectivity index (χ3v) is 2.71. The Morgan fingerprint density at radius 1 is 1.27 bits per heavy atom. The van der Waals surface area contributed by atoms with Gasteiger partial charge in [0.2, 0.25) is 0 Å². The molecular formula is C8H14Cl2O. The van der Waals surface area contributed by atoms with Gasteiger partial charge in [0.1, 0.15) is 0 Å². The first-order valence-corrected chi connectivity index (χ1v) is 5.13. The van der Waals surface area contributed by atoms with Crippen molar-refractivity contribution in [2.45, 2.75) is 12.8 Å². The Bertz CT molecular complexity index is 100. The van der Waals surface area contributed by atoms with E-state index in [9.17, 15) is 0 Å². The van der Waals surface area contributed by atoms with E-state index in [4.69, 9.17) is 27.9 Å². The van der Waals surface area contributed by atoms with Crippen LogP contribution in [0.3, 0.4) is 0 Å². The summed E-state index contributed by atoms with van der Waals surface area (Å²) >= 11 is 11.3. The largest absolute Gasteiger partial charge is 0.381 e. The first-order valence-electron chi connectivity index (χ1n) is 4.06. The van der Waals surface area contributed by atoms with Crippen LogP contribution in [0.4, 0.5) is 0 Å². The lowest BCUT2D eigenvalue weighted by atomic mass is 10.2. The summed E-state index contributed by atoms with van der Waals surface area (Å²) in [5.41, 5.74) is 0. The molecular weight excluding hydrogens is 183 g/mol. The monoisotopic (exact) mass is 196 g/mol. The summed E-state index contributed by atoms with van der Waals surface area (Å²) in [5.74, 6) is 2.38. The van der Waals surface area contributed by atoms with Crippen molar-refractivity contribution in [3.05, 3.63) is 0 Å². The Hall–Kier alpha value is 0.540. The molecule has 0 atom stereocenters. The third kappa shape index (κ3) is 4.19. The average molecular weight is 197 g/mol.